The van der Waals surface area contributed by atoms with Crippen LogP contribution >= 0.6 is 11.6 Å². The SMILES string of the molecule is C=CCC[C@@H](N)c1ccc(N(C)C)cc1Cl. The highest BCUT2D eigenvalue weighted by Gasteiger charge is 2.10. The van der Waals surface area contributed by atoms with Gasteiger partial charge in [0.05, 0.1) is 0 Å². The number of nitrogens with two attached hydrogens (primary N) is 1. The first-order valence-corrected chi connectivity index (χ1v) is 5.77. The van der Waals surface area contributed by atoms with Crippen molar-refractivity contribution in [3.05, 3.63) is 41.4 Å². The molecule has 88 valence electrons. The fourth-order valence-electron chi connectivity index (χ4n) is 1.55. The fraction of sp³-hybridized carbons (Fsp3) is 0.385. The highest BCUT2D eigenvalue weighted by molar-refractivity contribution is 6.31. The van der Waals surface area contributed by atoms with E-state index in [1.165, 1.54) is 0 Å². The molecule has 1 aromatic carbocycles. The number of halogens is 1. The first-order valence-electron chi connectivity index (χ1n) is 5.39. The highest BCUT2D eigenvalue weighted by Crippen LogP contribution is 2.28. The van der Waals surface area contributed by atoms with Gasteiger partial charge in [-0.25, -0.2) is 0 Å². The Morgan fingerprint density at radius 3 is 2.69 bits per heavy atom. The zero-order valence-corrected chi connectivity index (χ0v) is 10.7. The zero-order chi connectivity index (χ0) is 12.1. The minimum atomic E-state index is -0.0123. The standard InChI is InChI=1S/C13H19ClN2/c1-4-5-6-13(15)11-8-7-10(16(2)3)9-12(11)14/h4,7-9,13H,1,5-6,15H2,2-3H3/t13-/m1/s1. The summed E-state index contributed by atoms with van der Waals surface area (Å²) in [6, 6.07) is 5.98. The highest BCUT2D eigenvalue weighted by atomic mass is 35.5. The van der Waals surface area contributed by atoms with Gasteiger partial charge in [-0.1, -0.05) is 23.7 Å². The Bertz CT molecular complexity index is 361. The molecule has 0 radical (unpaired) electrons. The second kappa shape index (κ2) is 5.92. The van der Waals surface area contributed by atoms with Gasteiger partial charge in [-0.15, -0.1) is 6.58 Å². The molecule has 0 aliphatic rings. The third-order valence-corrected chi connectivity index (χ3v) is 2.91. The van der Waals surface area contributed by atoms with Gasteiger partial charge in [0.2, 0.25) is 0 Å². The molecule has 0 aromatic heterocycles. The molecule has 0 unspecified atom stereocenters. The van der Waals surface area contributed by atoms with Crippen LogP contribution in [0.1, 0.15) is 24.4 Å². The molecule has 2 N–H and O–H groups in total. The van der Waals surface area contributed by atoms with Crippen molar-refractivity contribution in [3.8, 4) is 0 Å². The molecular formula is C13H19ClN2. The molecule has 1 aromatic rings. The van der Waals surface area contributed by atoms with E-state index in [0.717, 1.165) is 29.1 Å². The quantitative estimate of drug-likeness (QED) is 0.797. The van der Waals surface area contributed by atoms with Crippen molar-refractivity contribution in [2.75, 3.05) is 19.0 Å². The summed E-state index contributed by atoms with van der Waals surface area (Å²) in [5.74, 6) is 0. The largest absolute Gasteiger partial charge is 0.378 e. The minimum Gasteiger partial charge on any atom is -0.378 e. The summed E-state index contributed by atoms with van der Waals surface area (Å²) in [5.41, 5.74) is 8.16. The van der Waals surface area contributed by atoms with Crippen LogP contribution < -0.4 is 10.6 Å². The summed E-state index contributed by atoms with van der Waals surface area (Å²) >= 11 is 6.21. The predicted octanol–water partition coefficient (Wildman–Crippen LogP) is 3.37. The van der Waals surface area contributed by atoms with E-state index in [2.05, 4.69) is 6.58 Å². The molecule has 0 saturated heterocycles. The van der Waals surface area contributed by atoms with E-state index in [1.54, 1.807) is 0 Å². The van der Waals surface area contributed by atoms with Crippen molar-refractivity contribution < 1.29 is 0 Å². The van der Waals surface area contributed by atoms with E-state index in [1.807, 2.05) is 43.3 Å². The van der Waals surface area contributed by atoms with Gasteiger partial charge < -0.3 is 10.6 Å². The second-order valence-corrected chi connectivity index (χ2v) is 4.48. The van der Waals surface area contributed by atoms with Crippen LogP contribution in [0.3, 0.4) is 0 Å². The van der Waals surface area contributed by atoms with Crippen LogP contribution in [0.25, 0.3) is 0 Å². The maximum Gasteiger partial charge on any atom is 0.0474 e. The van der Waals surface area contributed by atoms with Gasteiger partial charge in [-0.3, -0.25) is 0 Å². The van der Waals surface area contributed by atoms with Crippen molar-refractivity contribution in [3.63, 3.8) is 0 Å². The Morgan fingerprint density at radius 1 is 1.50 bits per heavy atom. The Kier molecular flexibility index (Phi) is 4.84. The van der Waals surface area contributed by atoms with E-state index >= 15 is 0 Å². The minimum absolute atomic E-state index is 0.0123. The van der Waals surface area contributed by atoms with Crippen LogP contribution in [0, 0.1) is 0 Å². The first-order chi connectivity index (χ1) is 7.56. The van der Waals surface area contributed by atoms with Crippen LogP contribution in [0.15, 0.2) is 30.9 Å². The van der Waals surface area contributed by atoms with Crippen molar-refractivity contribution in [2.24, 2.45) is 5.73 Å². The van der Waals surface area contributed by atoms with Gasteiger partial charge in [-0.05, 0) is 30.5 Å². The Balaban J connectivity index is 2.85. The molecule has 0 aliphatic carbocycles. The second-order valence-electron chi connectivity index (χ2n) is 4.07. The van der Waals surface area contributed by atoms with Crippen molar-refractivity contribution in [1.82, 2.24) is 0 Å². The smallest absolute Gasteiger partial charge is 0.0474 e. The lowest BCUT2D eigenvalue weighted by molar-refractivity contribution is 0.661. The third kappa shape index (κ3) is 3.26. The van der Waals surface area contributed by atoms with Crippen molar-refractivity contribution in [1.29, 1.82) is 0 Å². The van der Waals surface area contributed by atoms with Crippen molar-refractivity contribution >= 4 is 17.3 Å². The molecule has 0 fully saturated rings. The fourth-order valence-corrected chi connectivity index (χ4v) is 1.86. The van der Waals surface area contributed by atoms with E-state index in [-0.39, 0.29) is 6.04 Å². The Labute approximate surface area is 103 Å². The van der Waals surface area contributed by atoms with Gasteiger partial charge in [-0.2, -0.15) is 0 Å². The normalized spacial score (nSPS) is 12.2. The van der Waals surface area contributed by atoms with Crippen LogP contribution in [-0.4, -0.2) is 14.1 Å². The van der Waals surface area contributed by atoms with Gasteiger partial charge in [0, 0.05) is 30.8 Å². The summed E-state index contributed by atoms with van der Waals surface area (Å²) in [6.45, 7) is 3.69. The molecule has 2 nitrogen and oxygen atoms in total. The summed E-state index contributed by atoms with van der Waals surface area (Å²) in [6.07, 6.45) is 3.67. The lowest BCUT2D eigenvalue weighted by atomic mass is 10.0. The Hall–Kier alpha value is -0.990. The Morgan fingerprint density at radius 2 is 2.19 bits per heavy atom. The van der Waals surface area contributed by atoms with Gasteiger partial charge in [0.15, 0.2) is 0 Å². The number of anilines is 1. The number of allylic oxidation sites excluding steroid dienone is 1. The molecule has 3 heteroatoms. The first kappa shape index (κ1) is 13.1. The molecule has 0 bridgehead atoms. The monoisotopic (exact) mass is 238 g/mol. The summed E-state index contributed by atoms with van der Waals surface area (Å²) in [7, 11) is 3.98. The number of nitrogens with zero attached hydrogens (tertiary/aromatic N) is 1. The topological polar surface area (TPSA) is 29.3 Å². The molecule has 0 amide bonds. The van der Waals surface area contributed by atoms with Crippen LogP contribution in [0.2, 0.25) is 5.02 Å². The lowest BCUT2D eigenvalue weighted by Gasteiger charge is -2.17. The summed E-state index contributed by atoms with van der Waals surface area (Å²) in [5, 5.41) is 0.739. The van der Waals surface area contributed by atoms with Crippen LogP contribution in [-0.2, 0) is 0 Å². The maximum atomic E-state index is 6.21. The zero-order valence-electron chi connectivity index (χ0n) is 9.91. The van der Waals surface area contributed by atoms with E-state index in [0.29, 0.717) is 0 Å². The third-order valence-electron chi connectivity index (χ3n) is 2.58. The lowest BCUT2D eigenvalue weighted by Crippen LogP contribution is -2.12. The van der Waals surface area contributed by atoms with E-state index in [4.69, 9.17) is 17.3 Å². The number of hydrogen-bond donors (Lipinski definition) is 1. The molecule has 0 aliphatic heterocycles. The average Bonchev–Trinajstić information content (AvgIpc) is 2.25. The summed E-state index contributed by atoms with van der Waals surface area (Å²) in [4.78, 5) is 2.02. The summed E-state index contributed by atoms with van der Waals surface area (Å²) < 4.78 is 0. The van der Waals surface area contributed by atoms with E-state index < -0.39 is 0 Å². The predicted molar refractivity (Wildman–Crippen MR) is 72.1 cm³/mol. The average molecular weight is 239 g/mol. The molecule has 16 heavy (non-hydrogen) atoms. The van der Waals surface area contributed by atoms with Gasteiger partial charge in [0.25, 0.3) is 0 Å². The molecular weight excluding hydrogens is 220 g/mol. The number of hydrogen-bond acceptors (Lipinski definition) is 2. The van der Waals surface area contributed by atoms with Gasteiger partial charge >= 0.3 is 0 Å². The molecule has 0 saturated carbocycles. The van der Waals surface area contributed by atoms with Gasteiger partial charge in [0.1, 0.15) is 0 Å². The molecule has 1 atom stereocenters. The van der Waals surface area contributed by atoms with E-state index in [9.17, 15) is 0 Å². The molecule has 1 rings (SSSR count). The van der Waals surface area contributed by atoms with Crippen molar-refractivity contribution in [2.45, 2.75) is 18.9 Å². The number of rotatable bonds is 5. The molecule has 0 spiro atoms. The molecule has 0 heterocycles. The van der Waals surface area contributed by atoms with Crippen LogP contribution in [0.5, 0.6) is 0 Å². The maximum absolute atomic E-state index is 6.21. The number of benzene rings is 1. The van der Waals surface area contributed by atoms with Crippen LogP contribution in [0.4, 0.5) is 5.69 Å².